The summed E-state index contributed by atoms with van der Waals surface area (Å²) in [6, 6.07) is 2.21. The molecular weight excluding hydrogens is 272 g/mol. The van der Waals surface area contributed by atoms with Crippen LogP contribution in [0.3, 0.4) is 0 Å². The second-order valence-corrected chi connectivity index (χ2v) is 6.58. The number of pyridine rings is 1. The monoisotopic (exact) mass is 294 g/mol. The molecule has 2 N–H and O–H groups in total. The Labute approximate surface area is 124 Å². The summed E-state index contributed by atoms with van der Waals surface area (Å²) in [5.41, 5.74) is 2.46. The first-order chi connectivity index (χ1) is 9.51. The molecule has 1 heterocycles. The van der Waals surface area contributed by atoms with Crippen molar-refractivity contribution in [2.24, 2.45) is 0 Å². The molecule has 0 bridgehead atoms. The van der Waals surface area contributed by atoms with Crippen LogP contribution < -0.4 is 5.32 Å². The van der Waals surface area contributed by atoms with Crippen molar-refractivity contribution in [3.63, 3.8) is 0 Å². The summed E-state index contributed by atoms with van der Waals surface area (Å²) >= 11 is 1.91. The molecule has 0 spiro atoms. The zero-order chi connectivity index (χ0) is 14.7. The minimum Gasteiger partial charge on any atom is -0.478 e. The van der Waals surface area contributed by atoms with Gasteiger partial charge >= 0.3 is 5.97 Å². The number of carbonyl (C=O) groups is 1. The van der Waals surface area contributed by atoms with Crippen molar-refractivity contribution in [2.75, 3.05) is 11.6 Å². The summed E-state index contributed by atoms with van der Waals surface area (Å²) in [5.74, 6) is -0.908. The van der Waals surface area contributed by atoms with Crippen LogP contribution in [-0.2, 0) is 0 Å². The van der Waals surface area contributed by atoms with Crippen molar-refractivity contribution in [3.05, 3.63) is 23.0 Å². The summed E-state index contributed by atoms with van der Waals surface area (Å²) in [7, 11) is 0. The Morgan fingerprint density at radius 2 is 2.20 bits per heavy atom. The van der Waals surface area contributed by atoms with Gasteiger partial charge in [0.15, 0.2) is 0 Å². The lowest BCUT2D eigenvalue weighted by atomic mass is 9.94. The normalized spacial score (nSPS) is 22.6. The maximum Gasteiger partial charge on any atom is 0.339 e. The van der Waals surface area contributed by atoms with Crippen LogP contribution in [0.2, 0.25) is 0 Å². The SMILES string of the molecule is CSC1CCCC(Nc2cc(C)nc(C)c2C(=O)O)C1. The van der Waals surface area contributed by atoms with Crippen LogP contribution in [0.15, 0.2) is 6.07 Å². The number of aryl methyl sites for hydroxylation is 2. The van der Waals surface area contributed by atoms with Gasteiger partial charge in [0, 0.05) is 17.0 Å². The molecule has 2 rings (SSSR count). The van der Waals surface area contributed by atoms with Crippen molar-refractivity contribution >= 4 is 23.4 Å². The average molecular weight is 294 g/mol. The third-order valence-corrected chi connectivity index (χ3v) is 4.96. The molecule has 20 heavy (non-hydrogen) atoms. The van der Waals surface area contributed by atoms with Gasteiger partial charge in [-0.15, -0.1) is 0 Å². The van der Waals surface area contributed by atoms with Crippen LogP contribution in [-0.4, -0.2) is 33.6 Å². The lowest BCUT2D eigenvalue weighted by Crippen LogP contribution is -2.29. The van der Waals surface area contributed by atoms with E-state index in [0.717, 1.165) is 18.5 Å². The zero-order valence-electron chi connectivity index (χ0n) is 12.3. The van der Waals surface area contributed by atoms with Gasteiger partial charge in [0.25, 0.3) is 0 Å². The first kappa shape index (κ1) is 15.2. The smallest absolute Gasteiger partial charge is 0.339 e. The molecule has 1 aromatic rings. The molecule has 1 aliphatic rings. The Morgan fingerprint density at radius 1 is 1.45 bits per heavy atom. The quantitative estimate of drug-likeness (QED) is 0.890. The number of anilines is 1. The number of carboxylic acid groups (broad SMARTS) is 1. The molecule has 0 radical (unpaired) electrons. The first-order valence-corrected chi connectivity index (χ1v) is 8.31. The highest BCUT2D eigenvalue weighted by molar-refractivity contribution is 7.99. The van der Waals surface area contributed by atoms with Gasteiger partial charge in [0.1, 0.15) is 5.56 Å². The number of rotatable bonds is 4. The van der Waals surface area contributed by atoms with Crippen LogP contribution in [0.5, 0.6) is 0 Å². The zero-order valence-corrected chi connectivity index (χ0v) is 13.1. The number of carboxylic acids is 1. The second kappa shape index (κ2) is 6.48. The Balaban J connectivity index is 2.22. The first-order valence-electron chi connectivity index (χ1n) is 7.02. The van der Waals surface area contributed by atoms with E-state index in [1.165, 1.54) is 12.8 Å². The van der Waals surface area contributed by atoms with Crippen molar-refractivity contribution in [2.45, 2.75) is 50.8 Å². The number of aromatic nitrogens is 1. The van der Waals surface area contributed by atoms with Crippen molar-refractivity contribution in [1.82, 2.24) is 4.98 Å². The molecule has 0 aromatic carbocycles. The van der Waals surface area contributed by atoms with E-state index in [-0.39, 0.29) is 0 Å². The number of aromatic carboxylic acids is 1. The van der Waals surface area contributed by atoms with Crippen LogP contribution >= 0.6 is 11.8 Å². The number of nitrogens with zero attached hydrogens (tertiary/aromatic N) is 1. The minimum atomic E-state index is -0.908. The molecule has 1 saturated carbocycles. The fourth-order valence-electron chi connectivity index (χ4n) is 2.92. The van der Waals surface area contributed by atoms with Gasteiger partial charge in [-0.25, -0.2) is 4.79 Å². The maximum absolute atomic E-state index is 11.4. The van der Waals surface area contributed by atoms with E-state index < -0.39 is 5.97 Å². The molecule has 4 nitrogen and oxygen atoms in total. The standard InChI is InChI=1S/C15H22N2O2S/c1-9-7-13(14(15(18)19)10(2)16-9)17-11-5-4-6-12(8-11)20-3/h7,11-12H,4-6,8H2,1-3H3,(H,16,17)(H,18,19). The Morgan fingerprint density at radius 3 is 2.85 bits per heavy atom. The summed E-state index contributed by atoms with van der Waals surface area (Å²) < 4.78 is 0. The fourth-order valence-corrected chi connectivity index (χ4v) is 3.75. The molecule has 1 aromatic heterocycles. The Kier molecular flexibility index (Phi) is 4.91. The molecule has 0 amide bonds. The highest BCUT2D eigenvalue weighted by atomic mass is 32.2. The van der Waals surface area contributed by atoms with Gasteiger partial charge < -0.3 is 10.4 Å². The summed E-state index contributed by atoms with van der Waals surface area (Å²) in [5, 5.41) is 13.5. The number of hydrogen-bond donors (Lipinski definition) is 2. The molecule has 110 valence electrons. The maximum atomic E-state index is 11.4. The van der Waals surface area contributed by atoms with E-state index in [1.807, 2.05) is 24.8 Å². The van der Waals surface area contributed by atoms with E-state index in [2.05, 4.69) is 16.6 Å². The molecule has 1 aliphatic carbocycles. The van der Waals surface area contributed by atoms with Crippen molar-refractivity contribution in [1.29, 1.82) is 0 Å². The van der Waals surface area contributed by atoms with E-state index >= 15 is 0 Å². The molecule has 0 aliphatic heterocycles. The summed E-state index contributed by atoms with van der Waals surface area (Å²) in [6.07, 6.45) is 6.82. The number of hydrogen-bond acceptors (Lipinski definition) is 4. The van der Waals surface area contributed by atoms with Crippen LogP contribution in [0.25, 0.3) is 0 Å². The molecule has 1 fully saturated rings. The van der Waals surface area contributed by atoms with Gasteiger partial charge in [-0.3, -0.25) is 4.98 Å². The fraction of sp³-hybridized carbons (Fsp3) is 0.600. The second-order valence-electron chi connectivity index (χ2n) is 5.44. The Bertz CT molecular complexity index is 505. The van der Waals surface area contributed by atoms with Crippen LogP contribution in [0.4, 0.5) is 5.69 Å². The molecule has 0 saturated heterocycles. The predicted molar refractivity (Wildman–Crippen MR) is 83.9 cm³/mol. The third-order valence-electron chi connectivity index (χ3n) is 3.86. The average Bonchev–Trinajstić information content (AvgIpc) is 2.37. The molecule has 5 heteroatoms. The van der Waals surface area contributed by atoms with E-state index in [9.17, 15) is 9.90 Å². The summed E-state index contributed by atoms with van der Waals surface area (Å²) in [4.78, 5) is 15.7. The van der Waals surface area contributed by atoms with E-state index in [0.29, 0.717) is 28.2 Å². The topological polar surface area (TPSA) is 62.2 Å². The number of nitrogens with one attached hydrogen (secondary N) is 1. The minimum absolute atomic E-state index is 0.307. The molecule has 2 unspecified atom stereocenters. The molecular formula is C15H22N2O2S. The van der Waals surface area contributed by atoms with Gasteiger partial charge in [0.05, 0.1) is 11.4 Å². The van der Waals surface area contributed by atoms with E-state index in [1.54, 1.807) is 6.92 Å². The van der Waals surface area contributed by atoms with Crippen molar-refractivity contribution < 1.29 is 9.90 Å². The third kappa shape index (κ3) is 3.45. The summed E-state index contributed by atoms with van der Waals surface area (Å²) in [6.45, 7) is 3.66. The van der Waals surface area contributed by atoms with Gasteiger partial charge in [-0.2, -0.15) is 11.8 Å². The molecule has 2 atom stereocenters. The lowest BCUT2D eigenvalue weighted by Gasteiger charge is -2.30. The largest absolute Gasteiger partial charge is 0.478 e. The lowest BCUT2D eigenvalue weighted by molar-refractivity contribution is 0.0696. The predicted octanol–water partition coefficient (Wildman–Crippen LogP) is 3.48. The Hall–Kier alpha value is -1.23. The van der Waals surface area contributed by atoms with Crippen LogP contribution in [0.1, 0.15) is 47.4 Å². The number of thioether (sulfide) groups is 1. The van der Waals surface area contributed by atoms with Gasteiger partial charge in [-0.1, -0.05) is 6.42 Å². The highest BCUT2D eigenvalue weighted by Crippen LogP contribution is 2.30. The van der Waals surface area contributed by atoms with Crippen LogP contribution in [0, 0.1) is 13.8 Å². The highest BCUT2D eigenvalue weighted by Gasteiger charge is 2.23. The van der Waals surface area contributed by atoms with Crippen molar-refractivity contribution in [3.8, 4) is 0 Å². The van der Waals surface area contributed by atoms with Gasteiger partial charge in [-0.05, 0) is 45.4 Å². The van der Waals surface area contributed by atoms with E-state index in [4.69, 9.17) is 0 Å². The van der Waals surface area contributed by atoms with Gasteiger partial charge in [0.2, 0.25) is 0 Å².